The average molecular weight is 608 g/mol. The zero-order chi connectivity index (χ0) is 30.5. The van der Waals surface area contributed by atoms with Crippen LogP contribution in [0.2, 0.25) is 0 Å². The van der Waals surface area contributed by atoms with Crippen LogP contribution < -0.4 is 30.7 Å². The van der Waals surface area contributed by atoms with Gasteiger partial charge in [0.15, 0.2) is 0 Å². The fraction of sp³-hybridized carbons (Fsp3) is 0.471. The van der Waals surface area contributed by atoms with Gasteiger partial charge in [0.2, 0.25) is 11.9 Å². The number of benzene rings is 2. The lowest BCUT2D eigenvalue weighted by Gasteiger charge is -2.60. The Hall–Kier alpha value is -4.22. The molecule has 0 radical (unpaired) electrons. The number of nitrogens with zero attached hydrogens (tertiary/aromatic N) is 6. The van der Waals surface area contributed by atoms with Crippen LogP contribution in [0.3, 0.4) is 0 Å². The molecule has 5 aliphatic heterocycles. The number of rotatable bonds is 6. The molecule has 0 bridgehead atoms. The van der Waals surface area contributed by atoms with Crippen molar-refractivity contribution in [2.45, 2.75) is 45.2 Å². The van der Waals surface area contributed by atoms with Crippen LogP contribution in [0.5, 0.6) is 0 Å². The van der Waals surface area contributed by atoms with Gasteiger partial charge in [-0.25, -0.2) is 14.8 Å². The zero-order valence-corrected chi connectivity index (χ0v) is 25.9. The van der Waals surface area contributed by atoms with E-state index < -0.39 is 0 Å². The second-order valence-corrected chi connectivity index (χ2v) is 13.4. The van der Waals surface area contributed by atoms with Crippen LogP contribution in [0.4, 0.5) is 33.5 Å². The molecule has 0 atom stereocenters. The number of carbonyl (C=O) groups is 2. The fourth-order valence-electron chi connectivity index (χ4n) is 7.64. The Morgan fingerprint density at radius 1 is 0.933 bits per heavy atom. The van der Waals surface area contributed by atoms with Gasteiger partial charge >= 0.3 is 6.03 Å². The van der Waals surface area contributed by atoms with Gasteiger partial charge in [-0.3, -0.25) is 19.9 Å². The van der Waals surface area contributed by atoms with E-state index >= 15 is 0 Å². The van der Waals surface area contributed by atoms with Crippen LogP contribution >= 0.6 is 0 Å². The number of amides is 3. The van der Waals surface area contributed by atoms with Crippen molar-refractivity contribution in [3.05, 3.63) is 65.5 Å². The molecular formula is C34H41N9O2. The van der Waals surface area contributed by atoms with Crippen LogP contribution in [0.1, 0.15) is 36.1 Å². The van der Waals surface area contributed by atoms with Crippen molar-refractivity contribution in [3.8, 4) is 0 Å². The van der Waals surface area contributed by atoms with Gasteiger partial charge in [-0.2, -0.15) is 0 Å². The molecule has 11 nitrogen and oxygen atoms in total. The minimum absolute atomic E-state index is 0.204. The first kappa shape index (κ1) is 28.3. The van der Waals surface area contributed by atoms with E-state index in [0.29, 0.717) is 30.4 Å². The smallest absolute Gasteiger partial charge is 0.328 e. The predicted octanol–water partition coefficient (Wildman–Crippen LogP) is 3.41. The number of hydrogen-bond donors (Lipinski definition) is 3. The monoisotopic (exact) mass is 607 g/mol. The van der Waals surface area contributed by atoms with E-state index in [9.17, 15) is 9.59 Å². The van der Waals surface area contributed by atoms with Gasteiger partial charge in [-0.15, -0.1) is 0 Å². The second kappa shape index (κ2) is 11.3. The van der Waals surface area contributed by atoms with Gasteiger partial charge in [-0.05, 0) is 91.7 Å². The van der Waals surface area contributed by atoms with Gasteiger partial charge < -0.3 is 20.4 Å². The molecule has 4 saturated heterocycles. The minimum atomic E-state index is -0.330. The van der Waals surface area contributed by atoms with Crippen LogP contribution in [0.15, 0.2) is 48.7 Å². The molecule has 6 heterocycles. The summed E-state index contributed by atoms with van der Waals surface area (Å²) in [6.45, 7) is 11.0. The Labute approximate surface area is 264 Å². The molecule has 0 aliphatic carbocycles. The van der Waals surface area contributed by atoms with Crippen molar-refractivity contribution in [3.63, 3.8) is 0 Å². The predicted molar refractivity (Wildman–Crippen MR) is 175 cm³/mol. The first-order valence-corrected chi connectivity index (χ1v) is 16.3. The van der Waals surface area contributed by atoms with Crippen molar-refractivity contribution in [1.82, 2.24) is 25.5 Å². The van der Waals surface area contributed by atoms with Gasteiger partial charge in [0, 0.05) is 93.8 Å². The van der Waals surface area contributed by atoms with Gasteiger partial charge in [0.25, 0.3) is 0 Å². The minimum Gasteiger partial charge on any atom is -0.371 e. The number of imide groups is 1. The first-order valence-electron chi connectivity index (χ1n) is 16.3. The van der Waals surface area contributed by atoms with Crippen LogP contribution in [-0.2, 0) is 17.8 Å². The fourth-order valence-corrected chi connectivity index (χ4v) is 7.64. The number of anilines is 5. The molecule has 8 rings (SSSR count). The van der Waals surface area contributed by atoms with E-state index in [4.69, 9.17) is 4.98 Å². The maximum absolute atomic E-state index is 12.3. The molecule has 11 heteroatoms. The summed E-state index contributed by atoms with van der Waals surface area (Å²) in [7, 11) is 0. The third-order valence-corrected chi connectivity index (χ3v) is 10.5. The van der Waals surface area contributed by atoms with Gasteiger partial charge in [-0.1, -0.05) is 0 Å². The maximum atomic E-state index is 12.3. The Morgan fingerprint density at radius 3 is 2.47 bits per heavy atom. The van der Waals surface area contributed by atoms with Crippen LogP contribution in [0, 0.1) is 12.3 Å². The number of likely N-dealkylation sites (tertiary alicyclic amines) is 1. The molecule has 2 aromatic carbocycles. The molecule has 1 spiro atoms. The molecule has 0 unspecified atom stereocenters. The van der Waals surface area contributed by atoms with Crippen molar-refractivity contribution in [2.24, 2.45) is 5.41 Å². The van der Waals surface area contributed by atoms with Crippen LogP contribution in [0.25, 0.3) is 0 Å². The third-order valence-electron chi connectivity index (χ3n) is 10.5. The number of piperidine rings is 1. The quantitative estimate of drug-likeness (QED) is 0.389. The number of aryl methyl sites for hydroxylation is 1. The van der Waals surface area contributed by atoms with E-state index in [-0.39, 0.29) is 11.9 Å². The van der Waals surface area contributed by atoms with E-state index in [2.05, 4.69) is 72.0 Å². The number of hydrogen-bond acceptors (Lipinski definition) is 9. The lowest BCUT2D eigenvalue weighted by Crippen LogP contribution is -2.70. The third kappa shape index (κ3) is 5.48. The van der Waals surface area contributed by atoms with E-state index in [1.165, 1.54) is 42.9 Å². The highest BCUT2D eigenvalue weighted by atomic mass is 16.2. The number of fused-ring (bicyclic) bond motifs is 1. The summed E-state index contributed by atoms with van der Waals surface area (Å²) in [5.41, 5.74) is 8.24. The summed E-state index contributed by atoms with van der Waals surface area (Å²) in [5.74, 6) is 0.454. The van der Waals surface area contributed by atoms with E-state index in [0.717, 1.165) is 68.3 Å². The Bertz CT molecular complexity index is 1600. The van der Waals surface area contributed by atoms with Crippen molar-refractivity contribution < 1.29 is 9.59 Å². The van der Waals surface area contributed by atoms with Crippen LogP contribution in [-0.4, -0.2) is 85.2 Å². The summed E-state index contributed by atoms with van der Waals surface area (Å²) >= 11 is 0. The number of nitrogens with one attached hydrogen (secondary N) is 3. The lowest BCUT2D eigenvalue weighted by molar-refractivity contribution is -0.120. The number of urea groups is 1. The standard InChI is InChI=1S/C34H41N9O2/c1-23-16-27(6-7-30(23)43-13-9-31(44)39-33(43)45)41-19-28(20-41)42-21-34(22-42)10-14-40(15-11-34)26-4-2-25(3-5-26)37-32-36-17-24-8-12-35-18-29(24)38-32/h2-7,16-17,28,35H,8-15,18-22H2,1H3,(H,36,37,38)(H,39,44,45). The molecule has 5 aliphatic rings. The largest absolute Gasteiger partial charge is 0.371 e. The molecule has 4 fully saturated rings. The molecular weight excluding hydrogens is 566 g/mol. The Balaban J connectivity index is 0.797. The van der Waals surface area contributed by atoms with E-state index in [1.54, 1.807) is 4.90 Å². The highest BCUT2D eigenvalue weighted by Gasteiger charge is 2.49. The number of aromatic nitrogens is 2. The van der Waals surface area contributed by atoms with Gasteiger partial charge in [0.1, 0.15) is 0 Å². The molecule has 234 valence electrons. The van der Waals surface area contributed by atoms with Crippen molar-refractivity contribution >= 4 is 40.6 Å². The summed E-state index contributed by atoms with van der Waals surface area (Å²) in [6.07, 6.45) is 5.77. The summed E-state index contributed by atoms with van der Waals surface area (Å²) in [5, 5.41) is 9.17. The summed E-state index contributed by atoms with van der Waals surface area (Å²) in [6, 6.07) is 15.3. The SMILES string of the molecule is Cc1cc(N2CC(N3CC4(CCN(c5ccc(Nc6ncc7c(n6)CNCC7)cc5)CC4)C3)C2)ccc1N1CCC(=O)NC1=O. The normalized spacial score (nSPS) is 21.7. The molecule has 45 heavy (non-hydrogen) atoms. The molecule has 3 amide bonds. The van der Waals surface area contributed by atoms with Crippen molar-refractivity contribution in [1.29, 1.82) is 0 Å². The summed E-state index contributed by atoms with van der Waals surface area (Å²) < 4.78 is 0. The molecule has 0 saturated carbocycles. The zero-order valence-electron chi connectivity index (χ0n) is 25.9. The molecule has 3 aromatic rings. The molecule has 1 aromatic heterocycles. The molecule has 3 N–H and O–H groups in total. The van der Waals surface area contributed by atoms with Crippen molar-refractivity contribution in [2.75, 3.05) is 72.4 Å². The Kier molecular flexibility index (Phi) is 7.09. The Morgan fingerprint density at radius 2 is 1.71 bits per heavy atom. The average Bonchev–Trinajstić information content (AvgIpc) is 3.01. The highest BCUT2D eigenvalue weighted by molar-refractivity contribution is 6.06. The van der Waals surface area contributed by atoms with Gasteiger partial charge in [0.05, 0.1) is 5.69 Å². The maximum Gasteiger partial charge on any atom is 0.328 e. The van der Waals surface area contributed by atoms with E-state index in [1.807, 2.05) is 19.2 Å². The first-order chi connectivity index (χ1) is 21.9. The topological polar surface area (TPSA) is 109 Å². The lowest BCUT2D eigenvalue weighted by atomic mass is 9.71. The number of carbonyl (C=O) groups excluding carboxylic acids is 2. The summed E-state index contributed by atoms with van der Waals surface area (Å²) in [4.78, 5) is 42.3. The second-order valence-electron chi connectivity index (χ2n) is 13.4. The highest BCUT2D eigenvalue weighted by Crippen LogP contribution is 2.44.